The Labute approximate surface area is 130 Å². The van der Waals surface area contributed by atoms with Crippen LogP contribution in [-0.2, 0) is 4.74 Å². The summed E-state index contributed by atoms with van der Waals surface area (Å²) in [5, 5.41) is 6.60. The van der Waals surface area contributed by atoms with E-state index in [1.807, 2.05) is 20.8 Å². The molecule has 1 aliphatic rings. The summed E-state index contributed by atoms with van der Waals surface area (Å²) < 4.78 is 5.30. The number of unbranched alkanes of at least 4 members (excludes halogenated alkanes) is 1. The van der Waals surface area contributed by atoms with Crippen LogP contribution < -0.4 is 10.6 Å². The summed E-state index contributed by atoms with van der Waals surface area (Å²) in [4.78, 5) is 11.8. The number of amides is 1. The Bertz CT molecular complexity index is 332. The Morgan fingerprint density at radius 2 is 1.95 bits per heavy atom. The maximum atomic E-state index is 11.8. The number of rotatable bonds is 8. The second-order valence-corrected chi connectivity index (χ2v) is 7.76. The van der Waals surface area contributed by atoms with E-state index in [1.165, 1.54) is 25.7 Å². The van der Waals surface area contributed by atoms with Gasteiger partial charge in [-0.15, -0.1) is 0 Å². The number of nitrogens with one attached hydrogen (secondary N) is 2. The van der Waals surface area contributed by atoms with Crippen molar-refractivity contribution >= 4 is 6.09 Å². The molecule has 0 radical (unpaired) electrons. The second kappa shape index (κ2) is 7.48. The Morgan fingerprint density at radius 3 is 2.43 bits per heavy atom. The molecule has 0 aliphatic heterocycles. The fourth-order valence-electron chi connectivity index (χ4n) is 2.40. The lowest BCUT2D eigenvalue weighted by Crippen LogP contribution is -2.47. The van der Waals surface area contributed by atoms with Crippen LogP contribution in [0.4, 0.5) is 4.79 Å². The standard InChI is InChI=1S/C17H34N2O2/c1-7-8-9-14(19-13(2)17(6)10-11-17)12-18-15(20)21-16(3,4)5/h13-14,19H,7-12H2,1-6H3,(H,18,20). The van der Waals surface area contributed by atoms with Crippen LogP contribution in [0.25, 0.3) is 0 Å². The fraction of sp³-hybridized carbons (Fsp3) is 0.941. The normalized spacial score (nSPS) is 19.7. The van der Waals surface area contributed by atoms with Gasteiger partial charge in [-0.2, -0.15) is 0 Å². The van der Waals surface area contributed by atoms with E-state index in [1.54, 1.807) is 0 Å². The van der Waals surface area contributed by atoms with Crippen molar-refractivity contribution in [2.75, 3.05) is 6.54 Å². The third-order valence-corrected chi connectivity index (χ3v) is 4.37. The molecule has 2 unspecified atom stereocenters. The molecule has 1 saturated carbocycles. The highest BCUT2D eigenvalue weighted by Gasteiger charge is 2.42. The van der Waals surface area contributed by atoms with Gasteiger partial charge >= 0.3 is 6.09 Å². The molecule has 1 rings (SSSR count). The topological polar surface area (TPSA) is 50.4 Å². The Morgan fingerprint density at radius 1 is 1.33 bits per heavy atom. The minimum atomic E-state index is -0.439. The lowest BCUT2D eigenvalue weighted by molar-refractivity contribution is 0.0520. The zero-order valence-electron chi connectivity index (χ0n) is 14.7. The number of alkyl carbamates (subject to hydrolysis) is 1. The number of carbonyl (C=O) groups is 1. The summed E-state index contributed by atoms with van der Waals surface area (Å²) in [6.07, 6.45) is 5.73. The van der Waals surface area contributed by atoms with Crippen LogP contribution in [0, 0.1) is 5.41 Å². The fourth-order valence-corrected chi connectivity index (χ4v) is 2.40. The van der Waals surface area contributed by atoms with Gasteiger partial charge in [0, 0.05) is 18.6 Å². The molecule has 0 aromatic carbocycles. The number of carbonyl (C=O) groups excluding carboxylic acids is 1. The molecule has 1 fully saturated rings. The van der Waals surface area contributed by atoms with Crippen molar-refractivity contribution in [3.63, 3.8) is 0 Å². The second-order valence-electron chi connectivity index (χ2n) is 7.76. The average Bonchev–Trinajstić information content (AvgIpc) is 3.10. The van der Waals surface area contributed by atoms with Crippen molar-refractivity contribution in [3.8, 4) is 0 Å². The quantitative estimate of drug-likeness (QED) is 0.715. The van der Waals surface area contributed by atoms with Crippen LogP contribution in [0.3, 0.4) is 0 Å². The molecule has 0 aromatic rings. The van der Waals surface area contributed by atoms with Gasteiger partial charge in [0.25, 0.3) is 0 Å². The molecule has 2 N–H and O–H groups in total. The van der Waals surface area contributed by atoms with Gasteiger partial charge in [-0.3, -0.25) is 0 Å². The summed E-state index contributed by atoms with van der Waals surface area (Å²) in [6, 6.07) is 0.824. The Balaban J connectivity index is 2.40. The SMILES string of the molecule is CCCCC(CNC(=O)OC(C)(C)C)NC(C)C1(C)CC1. The Kier molecular flexibility index (Phi) is 6.51. The zero-order chi connectivity index (χ0) is 16.1. The molecule has 0 heterocycles. The first-order valence-electron chi connectivity index (χ1n) is 8.39. The maximum Gasteiger partial charge on any atom is 0.407 e. The van der Waals surface area contributed by atoms with E-state index in [-0.39, 0.29) is 6.09 Å². The average molecular weight is 298 g/mol. The molecule has 4 nitrogen and oxygen atoms in total. The number of hydrogen-bond acceptors (Lipinski definition) is 3. The van der Waals surface area contributed by atoms with E-state index in [4.69, 9.17) is 4.74 Å². The van der Waals surface area contributed by atoms with Gasteiger partial charge in [-0.05, 0) is 52.4 Å². The predicted molar refractivity (Wildman–Crippen MR) is 87.5 cm³/mol. The third kappa shape index (κ3) is 7.16. The maximum absolute atomic E-state index is 11.8. The molecular formula is C17H34N2O2. The highest BCUT2D eigenvalue weighted by atomic mass is 16.6. The van der Waals surface area contributed by atoms with Gasteiger partial charge in [0.05, 0.1) is 0 Å². The van der Waals surface area contributed by atoms with Crippen LogP contribution in [-0.4, -0.2) is 30.3 Å². The summed E-state index contributed by atoms with van der Waals surface area (Å²) in [5.74, 6) is 0. The van der Waals surface area contributed by atoms with E-state index >= 15 is 0 Å². The van der Waals surface area contributed by atoms with Gasteiger partial charge in [-0.25, -0.2) is 4.79 Å². The largest absolute Gasteiger partial charge is 0.444 e. The third-order valence-electron chi connectivity index (χ3n) is 4.37. The van der Waals surface area contributed by atoms with Crippen LogP contribution >= 0.6 is 0 Å². The minimum absolute atomic E-state index is 0.323. The van der Waals surface area contributed by atoms with Gasteiger partial charge in [0.1, 0.15) is 5.60 Å². The monoisotopic (exact) mass is 298 g/mol. The van der Waals surface area contributed by atoms with Crippen molar-refractivity contribution in [1.29, 1.82) is 0 Å². The van der Waals surface area contributed by atoms with Crippen molar-refractivity contribution in [1.82, 2.24) is 10.6 Å². The highest BCUT2D eigenvalue weighted by molar-refractivity contribution is 5.67. The van der Waals surface area contributed by atoms with E-state index in [9.17, 15) is 4.79 Å². The highest BCUT2D eigenvalue weighted by Crippen LogP contribution is 2.48. The van der Waals surface area contributed by atoms with Gasteiger partial charge in [0.2, 0.25) is 0 Å². The molecule has 0 spiro atoms. The molecule has 0 saturated heterocycles. The summed E-state index contributed by atoms with van der Waals surface area (Å²) in [7, 11) is 0. The molecule has 124 valence electrons. The molecule has 0 aromatic heterocycles. The predicted octanol–water partition coefficient (Wildman–Crippen LogP) is 3.85. The first-order valence-corrected chi connectivity index (χ1v) is 8.39. The van der Waals surface area contributed by atoms with Crippen molar-refractivity contribution in [3.05, 3.63) is 0 Å². The first kappa shape index (κ1) is 18.3. The van der Waals surface area contributed by atoms with Crippen molar-refractivity contribution in [2.24, 2.45) is 5.41 Å². The van der Waals surface area contributed by atoms with Gasteiger partial charge in [-0.1, -0.05) is 26.7 Å². The van der Waals surface area contributed by atoms with Crippen LogP contribution in [0.1, 0.15) is 73.6 Å². The van der Waals surface area contributed by atoms with Crippen molar-refractivity contribution < 1.29 is 9.53 Å². The molecular weight excluding hydrogens is 264 g/mol. The van der Waals surface area contributed by atoms with Crippen LogP contribution in [0.5, 0.6) is 0 Å². The summed E-state index contributed by atoms with van der Waals surface area (Å²) in [5.41, 5.74) is 0.0155. The zero-order valence-corrected chi connectivity index (χ0v) is 14.7. The molecule has 1 amide bonds. The van der Waals surface area contributed by atoms with Crippen LogP contribution in [0.2, 0.25) is 0 Å². The molecule has 2 atom stereocenters. The molecule has 4 heteroatoms. The first-order chi connectivity index (χ1) is 9.66. The molecule has 21 heavy (non-hydrogen) atoms. The van der Waals surface area contributed by atoms with Crippen LogP contribution in [0.15, 0.2) is 0 Å². The van der Waals surface area contributed by atoms with E-state index in [2.05, 4.69) is 31.4 Å². The summed E-state index contributed by atoms with van der Waals surface area (Å²) in [6.45, 7) is 13.1. The minimum Gasteiger partial charge on any atom is -0.444 e. The van der Waals surface area contributed by atoms with Gasteiger partial charge in [0.15, 0.2) is 0 Å². The van der Waals surface area contributed by atoms with Crippen molar-refractivity contribution in [2.45, 2.75) is 91.3 Å². The Hall–Kier alpha value is -0.770. The van der Waals surface area contributed by atoms with E-state index in [0.717, 1.165) is 6.42 Å². The molecule has 1 aliphatic carbocycles. The summed E-state index contributed by atoms with van der Waals surface area (Å²) >= 11 is 0. The lowest BCUT2D eigenvalue weighted by Gasteiger charge is -2.28. The van der Waals surface area contributed by atoms with E-state index < -0.39 is 5.60 Å². The smallest absolute Gasteiger partial charge is 0.407 e. The lowest BCUT2D eigenvalue weighted by atomic mass is 9.98. The van der Waals surface area contributed by atoms with E-state index in [0.29, 0.717) is 24.0 Å². The number of hydrogen-bond donors (Lipinski definition) is 2. The number of ether oxygens (including phenoxy) is 1. The van der Waals surface area contributed by atoms with Gasteiger partial charge < -0.3 is 15.4 Å². The molecule has 0 bridgehead atoms.